The molecule has 0 aliphatic rings. The Hall–Kier alpha value is -2.79. The summed E-state index contributed by atoms with van der Waals surface area (Å²) in [6.07, 6.45) is 0.637. The topological polar surface area (TPSA) is 105 Å². The van der Waals surface area contributed by atoms with Gasteiger partial charge in [0.25, 0.3) is 5.56 Å². The number of amides is 1. The lowest BCUT2D eigenvalue weighted by molar-refractivity contribution is -0.118. The van der Waals surface area contributed by atoms with Crippen LogP contribution >= 0.6 is 11.3 Å². The fourth-order valence-corrected chi connectivity index (χ4v) is 3.19. The Labute approximate surface area is 148 Å². The molecule has 0 aliphatic carbocycles. The van der Waals surface area contributed by atoms with E-state index in [9.17, 15) is 14.4 Å². The van der Waals surface area contributed by atoms with Crippen LogP contribution in [0, 0.1) is 25.2 Å². The van der Waals surface area contributed by atoms with E-state index in [1.54, 1.807) is 19.9 Å². The number of carbonyl (C=O) groups excluding carboxylic acids is 2. The van der Waals surface area contributed by atoms with E-state index in [2.05, 4.69) is 10.4 Å². The third-order valence-corrected chi connectivity index (χ3v) is 4.91. The van der Waals surface area contributed by atoms with Crippen LogP contribution in [0.1, 0.15) is 38.3 Å². The van der Waals surface area contributed by atoms with Gasteiger partial charge in [-0.25, -0.2) is 4.68 Å². The first-order valence-electron chi connectivity index (χ1n) is 7.68. The number of nitrogens with one attached hydrogen (secondary N) is 1. The maximum absolute atomic E-state index is 12.4. The molecule has 0 radical (unpaired) electrons. The number of thiophene rings is 1. The van der Waals surface area contributed by atoms with Crippen molar-refractivity contribution in [2.45, 2.75) is 33.7 Å². The molecule has 0 aliphatic heterocycles. The van der Waals surface area contributed by atoms with Gasteiger partial charge >= 0.3 is 0 Å². The highest BCUT2D eigenvalue weighted by Gasteiger charge is 2.16. The summed E-state index contributed by atoms with van der Waals surface area (Å²) in [6.45, 7) is 5.11. The minimum absolute atomic E-state index is 0.0162. The molecule has 8 heteroatoms. The number of nitriles is 1. The van der Waals surface area contributed by atoms with Crippen LogP contribution in [0.2, 0.25) is 0 Å². The van der Waals surface area contributed by atoms with Crippen molar-refractivity contribution in [3.63, 3.8) is 0 Å². The van der Waals surface area contributed by atoms with Gasteiger partial charge in [-0.15, -0.1) is 11.3 Å². The lowest BCUT2D eigenvalue weighted by Gasteiger charge is -2.07. The smallest absolute Gasteiger partial charge is 0.285 e. The zero-order valence-corrected chi connectivity index (χ0v) is 15.1. The molecule has 0 aromatic carbocycles. The standard InChI is InChI=1S/C17H18N4O3S/c1-10-11(2)20-21(17(24)14(10)8-18)9-15(23)16-5-4-13(25-16)6-7-19-12(3)22/h4-5H,6-7,9H2,1-3H3,(H,19,22). The van der Waals surface area contributed by atoms with Gasteiger partial charge in [-0.05, 0) is 38.0 Å². The first-order valence-corrected chi connectivity index (χ1v) is 8.50. The van der Waals surface area contributed by atoms with Gasteiger partial charge in [0.1, 0.15) is 18.2 Å². The lowest BCUT2D eigenvalue weighted by atomic mass is 10.1. The van der Waals surface area contributed by atoms with Crippen LogP contribution in [0.5, 0.6) is 0 Å². The summed E-state index contributed by atoms with van der Waals surface area (Å²) in [4.78, 5) is 37.0. The van der Waals surface area contributed by atoms with E-state index in [0.717, 1.165) is 9.56 Å². The third-order valence-electron chi connectivity index (χ3n) is 3.72. The Morgan fingerprint density at radius 3 is 2.72 bits per heavy atom. The van der Waals surface area contributed by atoms with Crippen LogP contribution in [0.3, 0.4) is 0 Å². The largest absolute Gasteiger partial charge is 0.356 e. The van der Waals surface area contributed by atoms with Crippen molar-refractivity contribution < 1.29 is 9.59 Å². The SMILES string of the molecule is CC(=O)NCCc1ccc(C(=O)Cn2nc(C)c(C)c(C#N)c2=O)s1. The van der Waals surface area contributed by atoms with Crippen molar-refractivity contribution in [2.24, 2.45) is 0 Å². The molecule has 25 heavy (non-hydrogen) atoms. The van der Waals surface area contributed by atoms with E-state index in [1.165, 1.54) is 18.3 Å². The summed E-state index contributed by atoms with van der Waals surface area (Å²) < 4.78 is 1.04. The maximum atomic E-state index is 12.4. The summed E-state index contributed by atoms with van der Waals surface area (Å²) in [5.41, 5.74) is 0.544. The molecule has 2 aromatic rings. The fraction of sp³-hybridized carbons (Fsp3) is 0.353. The average molecular weight is 358 g/mol. The van der Waals surface area contributed by atoms with E-state index >= 15 is 0 Å². The maximum Gasteiger partial charge on any atom is 0.285 e. The van der Waals surface area contributed by atoms with Gasteiger partial charge in [0, 0.05) is 18.3 Å². The molecule has 0 spiro atoms. The number of carbonyl (C=O) groups is 2. The summed E-state index contributed by atoms with van der Waals surface area (Å²) in [5.74, 6) is -0.334. The molecule has 0 saturated carbocycles. The van der Waals surface area contributed by atoms with Crippen LogP contribution in [-0.4, -0.2) is 28.0 Å². The molecule has 2 aromatic heterocycles. The molecule has 2 rings (SSSR count). The molecule has 0 unspecified atom stereocenters. The van der Waals surface area contributed by atoms with Gasteiger partial charge in [0.2, 0.25) is 5.91 Å². The van der Waals surface area contributed by atoms with Crippen LogP contribution in [0.25, 0.3) is 0 Å². The van der Waals surface area contributed by atoms with Gasteiger partial charge in [0.15, 0.2) is 5.78 Å². The number of rotatable bonds is 6. The summed E-state index contributed by atoms with van der Waals surface area (Å²) in [6, 6.07) is 5.41. The highest BCUT2D eigenvalue weighted by molar-refractivity contribution is 7.14. The number of nitrogens with zero attached hydrogens (tertiary/aromatic N) is 3. The second-order valence-electron chi connectivity index (χ2n) is 5.58. The van der Waals surface area contributed by atoms with Crippen LogP contribution in [0.15, 0.2) is 16.9 Å². The number of Topliss-reactive ketones (excluding diaryl/α,β-unsaturated/α-hetero) is 1. The highest BCUT2D eigenvalue weighted by Crippen LogP contribution is 2.18. The van der Waals surface area contributed by atoms with Crippen molar-refractivity contribution >= 4 is 23.0 Å². The van der Waals surface area contributed by atoms with Crippen molar-refractivity contribution in [1.29, 1.82) is 5.26 Å². The summed E-state index contributed by atoms with van der Waals surface area (Å²) in [5, 5.41) is 15.9. The Morgan fingerprint density at radius 1 is 1.36 bits per heavy atom. The van der Waals surface area contributed by atoms with E-state index in [0.29, 0.717) is 29.1 Å². The van der Waals surface area contributed by atoms with Crippen LogP contribution < -0.4 is 10.9 Å². The normalized spacial score (nSPS) is 10.3. The van der Waals surface area contributed by atoms with Crippen LogP contribution in [0.4, 0.5) is 0 Å². The average Bonchev–Trinajstić information content (AvgIpc) is 3.02. The molecular formula is C17H18N4O3S. The third kappa shape index (κ3) is 4.39. The van der Waals surface area contributed by atoms with Gasteiger partial charge < -0.3 is 5.32 Å². The minimum Gasteiger partial charge on any atom is -0.356 e. The molecular weight excluding hydrogens is 340 g/mol. The summed E-state index contributed by atoms with van der Waals surface area (Å²) in [7, 11) is 0. The van der Waals surface area contributed by atoms with Crippen LogP contribution in [-0.2, 0) is 17.8 Å². The van der Waals surface area contributed by atoms with E-state index in [-0.39, 0.29) is 23.8 Å². The first-order chi connectivity index (χ1) is 11.8. The van der Waals surface area contributed by atoms with E-state index < -0.39 is 5.56 Å². The molecule has 0 atom stereocenters. The molecule has 1 amide bonds. The molecule has 0 fully saturated rings. The minimum atomic E-state index is -0.554. The Bertz CT molecular complexity index is 921. The molecule has 7 nitrogen and oxygen atoms in total. The predicted molar refractivity (Wildman–Crippen MR) is 93.7 cm³/mol. The number of aromatic nitrogens is 2. The second kappa shape index (κ2) is 7.85. The van der Waals surface area contributed by atoms with Crippen molar-refractivity contribution in [2.75, 3.05) is 6.54 Å². The monoisotopic (exact) mass is 358 g/mol. The Kier molecular flexibility index (Phi) is 5.83. The van der Waals surface area contributed by atoms with Gasteiger partial charge in [0.05, 0.1) is 10.6 Å². The van der Waals surface area contributed by atoms with Gasteiger partial charge in [-0.1, -0.05) is 0 Å². The zero-order valence-electron chi connectivity index (χ0n) is 14.3. The summed E-state index contributed by atoms with van der Waals surface area (Å²) >= 11 is 1.33. The quantitative estimate of drug-likeness (QED) is 0.785. The van der Waals surface area contributed by atoms with Crippen molar-refractivity contribution in [3.05, 3.63) is 49.1 Å². The van der Waals surface area contributed by atoms with Crippen molar-refractivity contribution in [3.8, 4) is 6.07 Å². The lowest BCUT2D eigenvalue weighted by Crippen LogP contribution is -2.30. The Balaban J connectivity index is 2.15. The second-order valence-corrected chi connectivity index (χ2v) is 6.75. The highest BCUT2D eigenvalue weighted by atomic mass is 32.1. The predicted octanol–water partition coefficient (Wildman–Crippen LogP) is 1.35. The number of aryl methyl sites for hydroxylation is 1. The Morgan fingerprint density at radius 2 is 2.08 bits per heavy atom. The number of ketones is 1. The molecule has 0 saturated heterocycles. The number of hydrogen-bond donors (Lipinski definition) is 1. The fourth-order valence-electron chi connectivity index (χ4n) is 2.25. The van der Waals surface area contributed by atoms with E-state index in [1.807, 2.05) is 12.1 Å². The molecule has 1 N–H and O–H groups in total. The van der Waals surface area contributed by atoms with Crippen molar-refractivity contribution in [1.82, 2.24) is 15.1 Å². The molecule has 2 heterocycles. The van der Waals surface area contributed by atoms with Gasteiger partial charge in [-0.3, -0.25) is 14.4 Å². The van der Waals surface area contributed by atoms with Gasteiger partial charge in [-0.2, -0.15) is 10.4 Å². The molecule has 130 valence electrons. The first kappa shape index (κ1) is 18.5. The molecule has 0 bridgehead atoms. The van der Waals surface area contributed by atoms with E-state index in [4.69, 9.17) is 5.26 Å². The zero-order chi connectivity index (χ0) is 18.6. The number of hydrogen-bond acceptors (Lipinski definition) is 6.